The Bertz CT molecular complexity index is 826. The molecule has 0 fully saturated rings. The number of hydrazine groups is 1. The van der Waals surface area contributed by atoms with Gasteiger partial charge in [-0.3, -0.25) is 20.4 Å². The van der Waals surface area contributed by atoms with Crippen molar-refractivity contribution in [1.29, 1.82) is 0 Å². The van der Waals surface area contributed by atoms with Gasteiger partial charge in [0, 0.05) is 16.0 Å². The molecule has 1 aromatic carbocycles. The molecule has 138 valence electrons. The third-order valence-corrected chi connectivity index (χ3v) is 5.07. The second-order valence-corrected chi connectivity index (χ2v) is 7.31. The minimum Gasteiger partial charge on any atom is -0.452 e. The fourth-order valence-corrected chi connectivity index (χ4v) is 3.24. The molecule has 26 heavy (non-hydrogen) atoms. The normalized spacial score (nSPS) is 10.3. The summed E-state index contributed by atoms with van der Waals surface area (Å²) in [5.41, 5.74) is 5.43. The summed E-state index contributed by atoms with van der Waals surface area (Å²) in [4.78, 5) is 40.4. The molecule has 2 rings (SSSR count). The van der Waals surface area contributed by atoms with E-state index in [4.69, 9.17) is 16.3 Å². The number of esters is 1. The number of carbonyl (C=O) groups excluding carboxylic acids is 3. The van der Waals surface area contributed by atoms with Crippen molar-refractivity contribution < 1.29 is 19.1 Å². The summed E-state index contributed by atoms with van der Waals surface area (Å²) < 4.78 is 4.92. The van der Waals surface area contributed by atoms with E-state index in [2.05, 4.69) is 15.8 Å². The number of halogens is 1. The predicted octanol–water partition coefficient (Wildman–Crippen LogP) is 2.37. The number of hydrogen-bond donors (Lipinski definition) is 2. The van der Waals surface area contributed by atoms with Gasteiger partial charge in [-0.05, 0) is 31.4 Å². The molecule has 0 aliphatic heterocycles. The monoisotopic (exact) mass is 413 g/mol. The summed E-state index contributed by atoms with van der Waals surface area (Å²) >= 11 is 8.78. The van der Waals surface area contributed by atoms with Crippen LogP contribution >= 0.6 is 34.7 Å². The van der Waals surface area contributed by atoms with Crippen molar-refractivity contribution in [1.82, 2.24) is 15.8 Å². The van der Waals surface area contributed by atoms with Crippen molar-refractivity contribution in [2.24, 2.45) is 0 Å². The second kappa shape index (κ2) is 9.56. The van der Waals surface area contributed by atoms with E-state index in [1.54, 1.807) is 18.2 Å². The molecule has 0 aliphatic rings. The van der Waals surface area contributed by atoms with Crippen LogP contribution in [0, 0.1) is 6.92 Å². The minimum atomic E-state index is -0.717. The zero-order valence-electron chi connectivity index (χ0n) is 14.0. The van der Waals surface area contributed by atoms with Crippen LogP contribution in [-0.2, 0) is 20.7 Å². The lowest BCUT2D eigenvalue weighted by Crippen LogP contribution is -2.44. The van der Waals surface area contributed by atoms with E-state index in [1.165, 1.54) is 23.1 Å². The van der Waals surface area contributed by atoms with E-state index in [0.29, 0.717) is 5.01 Å². The Kier molecular flexibility index (Phi) is 7.43. The van der Waals surface area contributed by atoms with E-state index in [9.17, 15) is 14.4 Å². The van der Waals surface area contributed by atoms with Crippen LogP contribution in [0.5, 0.6) is 0 Å². The molecule has 0 radical (unpaired) electrons. The molecule has 2 amide bonds. The molecule has 0 unspecified atom stereocenters. The molecule has 0 aliphatic carbocycles. The van der Waals surface area contributed by atoms with Crippen LogP contribution < -0.4 is 10.9 Å². The highest BCUT2D eigenvalue weighted by Crippen LogP contribution is 2.23. The first-order valence-corrected chi connectivity index (χ1v) is 9.86. The van der Waals surface area contributed by atoms with Gasteiger partial charge >= 0.3 is 5.97 Å². The molecule has 7 nitrogen and oxygen atoms in total. The highest BCUT2D eigenvalue weighted by Gasteiger charge is 2.15. The Balaban J connectivity index is 1.77. The minimum absolute atomic E-state index is 0.0512. The molecule has 0 saturated heterocycles. The van der Waals surface area contributed by atoms with E-state index in [-0.39, 0.29) is 17.0 Å². The second-order valence-electron chi connectivity index (χ2n) is 5.08. The largest absolute Gasteiger partial charge is 0.452 e. The predicted molar refractivity (Wildman–Crippen MR) is 100 cm³/mol. The van der Waals surface area contributed by atoms with Gasteiger partial charge in [0.25, 0.3) is 5.91 Å². The third-order valence-electron chi connectivity index (χ3n) is 3.05. The van der Waals surface area contributed by atoms with Gasteiger partial charge in [-0.2, -0.15) is 0 Å². The number of ether oxygens (including phenoxy) is 1. The molecule has 2 N–H and O–H groups in total. The lowest BCUT2D eigenvalue weighted by molar-refractivity contribution is -0.130. The van der Waals surface area contributed by atoms with Crippen molar-refractivity contribution in [3.8, 4) is 0 Å². The number of benzene rings is 1. The average molecular weight is 414 g/mol. The fourth-order valence-electron chi connectivity index (χ4n) is 1.84. The SMILES string of the molecule is CSc1ccc(Cl)c(C(=O)OCC(=O)NNC(=O)Cc2nc(C)cs2)c1. The van der Waals surface area contributed by atoms with E-state index in [0.717, 1.165) is 10.6 Å². The summed E-state index contributed by atoms with van der Waals surface area (Å²) in [5.74, 6) is -1.81. The van der Waals surface area contributed by atoms with Gasteiger partial charge in [-0.25, -0.2) is 9.78 Å². The number of thiazole rings is 1. The standard InChI is InChI=1S/C16H16ClN3O4S2/c1-9-8-26-15(18-9)6-13(21)19-20-14(22)7-24-16(23)11-5-10(25-2)3-4-12(11)17/h3-5,8H,6-7H2,1-2H3,(H,19,21)(H,20,22). The van der Waals surface area contributed by atoms with Crippen LogP contribution in [0.4, 0.5) is 0 Å². The van der Waals surface area contributed by atoms with Crippen molar-refractivity contribution >= 4 is 52.5 Å². The first-order valence-electron chi connectivity index (χ1n) is 7.38. The zero-order chi connectivity index (χ0) is 19.1. The quantitative estimate of drug-likeness (QED) is 0.428. The Morgan fingerprint density at radius 1 is 1.27 bits per heavy atom. The summed E-state index contributed by atoms with van der Waals surface area (Å²) in [6.45, 7) is 1.28. The number of amides is 2. The fraction of sp³-hybridized carbons (Fsp3) is 0.250. The third kappa shape index (κ3) is 6.01. The summed E-state index contributed by atoms with van der Waals surface area (Å²) in [7, 11) is 0. The number of rotatable bonds is 6. The molecule has 0 atom stereocenters. The van der Waals surface area contributed by atoms with Crippen LogP contribution in [0.2, 0.25) is 5.02 Å². The van der Waals surface area contributed by atoms with E-state index < -0.39 is 24.4 Å². The zero-order valence-corrected chi connectivity index (χ0v) is 16.4. The number of thioether (sulfide) groups is 1. The van der Waals surface area contributed by atoms with Crippen LogP contribution in [0.25, 0.3) is 0 Å². The van der Waals surface area contributed by atoms with Crippen molar-refractivity contribution in [3.05, 3.63) is 44.9 Å². The average Bonchev–Trinajstić information content (AvgIpc) is 3.03. The smallest absolute Gasteiger partial charge is 0.340 e. The van der Waals surface area contributed by atoms with Gasteiger partial charge in [0.2, 0.25) is 5.91 Å². The molecule has 10 heteroatoms. The van der Waals surface area contributed by atoms with E-state index >= 15 is 0 Å². The van der Waals surface area contributed by atoms with Gasteiger partial charge in [-0.1, -0.05) is 11.6 Å². The molecule has 0 spiro atoms. The van der Waals surface area contributed by atoms with Crippen LogP contribution in [0.15, 0.2) is 28.5 Å². The first-order chi connectivity index (χ1) is 12.4. The van der Waals surface area contributed by atoms with Gasteiger partial charge in [0.1, 0.15) is 5.01 Å². The molecule has 0 saturated carbocycles. The summed E-state index contributed by atoms with van der Waals surface area (Å²) in [6.07, 6.45) is 1.91. The van der Waals surface area contributed by atoms with Crippen LogP contribution in [0.1, 0.15) is 21.1 Å². The first kappa shape index (κ1) is 20.2. The lowest BCUT2D eigenvalue weighted by atomic mass is 10.2. The van der Waals surface area contributed by atoms with Gasteiger partial charge in [-0.15, -0.1) is 23.1 Å². The maximum Gasteiger partial charge on any atom is 0.340 e. The highest BCUT2D eigenvalue weighted by molar-refractivity contribution is 7.98. The van der Waals surface area contributed by atoms with Gasteiger partial charge < -0.3 is 4.74 Å². The number of nitrogens with one attached hydrogen (secondary N) is 2. The molecular weight excluding hydrogens is 398 g/mol. The Labute approximate surface area is 163 Å². The number of carbonyl (C=O) groups is 3. The van der Waals surface area contributed by atoms with Gasteiger partial charge in [0.15, 0.2) is 6.61 Å². The van der Waals surface area contributed by atoms with E-state index in [1.807, 2.05) is 18.6 Å². The molecule has 0 bridgehead atoms. The molecule has 1 aromatic heterocycles. The lowest BCUT2D eigenvalue weighted by Gasteiger charge is -2.09. The molecule has 1 heterocycles. The number of aromatic nitrogens is 1. The topological polar surface area (TPSA) is 97.4 Å². The Hall–Kier alpha value is -2.10. The summed E-state index contributed by atoms with van der Waals surface area (Å²) in [5, 5.41) is 2.71. The van der Waals surface area contributed by atoms with Gasteiger partial charge in [0.05, 0.1) is 17.0 Å². The van der Waals surface area contributed by atoms with Crippen LogP contribution in [0.3, 0.4) is 0 Å². The molecular formula is C16H16ClN3O4S2. The Morgan fingerprint density at radius 3 is 2.65 bits per heavy atom. The van der Waals surface area contributed by atoms with Crippen LogP contribution in [-0.4, -0.2) is 35.6 Å². The van der Waals surface area contributed by atoms with Crippen molar-refractivity contribution in [2.75, 3.05) is 12.9 Å². The number of nitrogens with zero attached hydrogens (tertiary/aromatic N) is 1. The van der Waals surface area contributed by atoms with Crippen molar-refractivity contribution in [2.45, 2.75) is 18.2 Å². The number of aryl methyl sites for hydroxylation is 1. The highest BCUT2D eigenvalue weighted by atomic mass is 35.5. The number of hydrogen-bond acceptors (Lipinski definition) is 7. The van der Waals surface area contributed by atoms with Crippen molar-refractivity contribution in [3.63, 3.8) is 0 Å². The summed E-state index contributed by atoms with van der Waals surface area (Å²) in [6, 6.07) is 4.95. The Morgan fingerprint density at radius 2 is 2.00 bits per heavy atom. The maximum atomic E-state index is 12.0. The molecule has 2 aromatic rings. The maximum absolute atomic E-state index is 12.0.